The number of hydrogen-bond donors (Lipinski definition) is 1. The van der Waals surface area contributed by atoms with Crippen molar-refractivity contribution in [2.24, 2.45) is 11.8 Å². The number of thiophene rings is 1. The number of amides is 1. The van der Waals surface area contributed by atoms with Crippen LogP contribution in [-0.2, 0) is 20.9 Å². The van der Waals surface area contributed by atoms with Gasteiger partial charge in [0.2, 0.25) is 0 Å². The highest BCUT2D eigenvalue weighted by atomic mass is 32.1. The van der Waals surface area contributed by atoms with Crippen LogP contribution in [0.5, 0.6) is 0 Å². The molecule has 1 saturated carbocycles. The fraction of sp³-hybridized carbons (Fsp3) is 0.440. The summed E-state index contributed by atoms with van der Waals surface area (Å²) in [5.74, 6) is -0.00814. The van der Waals surface area contributed by atoms with Crippen LogP contribution in [0, 0.1) is 18.8 Å². The molecular weight excluding hydrogens is 438 g/mol. The number of carbonyl (C=O) groups is 2. The molecule has 1 N–H and O–H groups in total. The topological polar surface area (TPSA) is 90.3 Å². The van der Waals surface area contributed by atoms with Gasteiger partial charge < -0.3 is 10.1 Å². The predicted octanol–water partition coefficient (Wildman–Crippen LogP) is 3.92. The van der Waals surface area contributed by atoms with Gasteiger partial charge in [-0.3, -0.25) is 19.0 Å². The zero-order chi connectivity index (χ0) is 23.5. The second kappa shape index (κ2) is 9.87. The predicted molar refractivity (Wildman–Crippen MR) is 129 cm³/mol. The van der Waals surface area contributed by atoms with Gasteiger partial charge in [0, 0.05) is 17.0 Å². The lowest BCUT2D eigenvalue weighted by molar-refractivity contribution is -0.149. The Bertz CT molecular complexity index is 1210. The van der Waals surface area contributed by atoms with Crippen molar-refractivity contribution in [2.45, 2.75) is 52.6 Å². The van der Waals surface area contributed by atoms with Gasteiger partial charge in [0.05, 0.1) is 11.7 Å². The number of aryl methyl sites for hydroxylation is 1. The smallest absolute Gasteiger partial charge is 0.326 e. The van der Waals surface area contributed by atoms with Crippen molar-refractivity contribution in [3.05, 3.63) is 51.9 Å². The fourth-order valence-corrected chi connectivity index (χ4v) is 5.30. The minimum Gasteiger partial charge on any atom is -0.454 e. The molecule has 3 unspecified atom stereocenters. The Kier molecular flexibility index (Phi) is 6.93. The maximum atomic E-state index is 13.1. The number of nitrogens with one attached hydrogen (secondary N) is 1. The van der Waals surface area contributed by atoms with Crippen molar-refractivity contribution >= 4 is 33.4 Å². The number of carbonyl (C=O) groups excluding carboxylic acids is 2. The van der Waals surface area contributed by atoms with Crippen LogP contribution in [0.15, 0.2) is 40.8 Å². The lowest BCUT2D eigenvalue weighted by Crippen LogP contribution is -2.45. The average Bonchev–Trinajstić information content (AvgIpc) is 3.23. The van der Waals surface area contributed by atoms with Crippen LogP contribution in [0.4, 0.5) is 0 Å². The summed E-state index contributed by atoms with van der Waals surface area (Å²) in [5.41, 5.74) is 2.55. The van der Waals surface area contributed by atoms with Gasteiger partial charge in [0.1, 0.15) is 11.4 Å². The number of fused-ring (bicyclic) bond motifs is 1. The van der Waals surface area contributed by atoms with E-state index in [1.165, 1.54) is 28.7 Å². The van der Waals surface area contributed by atoms with Gasteiger partial charge in [0.15, 0.2) is 6.61 Å². The number of ether oxygens (including phenoxy) is 1. The van der Waals surface area contributed by atoms with Crippen molar-refractivity contribution in [1.29, 1.82) is 0 Å². The molecule has 0 saturated heterocycles. The largest absolute Gasteiger partial charge is 0.454 e. The van der Waals surface area contributed by atoms with Gasteiger partial charge >= 0.3 is 5.97 Å². The van der Waals surface area contributed by atoms with Gasteiger partial charge in [-0.2, -0.15) is 0 Å². The number of rotatable bonds is 6. The molecule has 3 atom stereocenters. The first-order valence-corrected chi connectivity index (χ1v) is 12.2. The molecular formula is C25H29N3O4S. The molecule has 33 heavy (non-hydrogen) atoms. The first-order valence-electron chi connectivity index (χ1n) is 11.3. The van der Waals surface area contributed by atoms with Gasteiger partial charge in [-0.25, -0.2) is 4.98 Å². The maximum Gasteiger partial charge on any atom is 0.326 e. The van der Waals surface area contributed by atoms with E-state index in [1.807, 2.05) is 36.6 Å². The lowest BCUT2D eigenvalue weighted by atomic mass is 9.78. The normalized spacial score (nSPS) is 20.5. The highest BCUT2D eigenvalue weighted by Crippen LogP contribution is 2.31. The first-order chi connectivity index (χ1) is 15.8. The standard InChI is InChI=1S/C25H29N3O4S/c1-15-7-9-18(10-8-15)19-13-33-24-23(19)25(31)28(14-26-24)11-22(30)32-12-21(29)27-20-6-4-5-16(2)17(20)3/h7-10,13-14,16-17,20H,4-6,11-12H2,1-3H3,(H,27,29). The number of nitrogens with zero attached hydrogens (tertiary/aromatic N) is 2. The van der Waals surface area contributed by atoms with E-state index in [-0.39, 0.29) is 30.7 Å². The van der Waals surface area contributed by atoms with E-state index < -0.39 is 5.97 Å². The third-order valence-corrected chi connectivity index (χ3v) is 7.53. The lowest BCUT2D eigenvalue weighted by Gasteiger charge is -2.34. The summed E-state index contributed by atoms with van der Waals surface area (Å²) in [6, 6.07) is 8.02. The molecule has 174 valence electrons. The molecule has 3 aromatic rings. The van der Waals surface area contributed by atoms with Crippen molar-refractivity contribution in [1.82, 2.24) is 14.9 Å². The Balaban J connectivity index is 1.41. The van der Waals surface area contributed by atoms with E-state index in [1.54, 1.807) is 0 Å². The van der Waals surface area contributed by atoms with Gasteiger partial charge in [-0.05, 0) is 30.7 Å². The highest BCUT2D eigenvalue weighted by molar-refractivity contribution is 7.17. The molecule has 0 aliphatic heterocycles. The number of benzene rings is 1. The van der Waals surface area contributed by atoms with E-state index in [0.717, 1.165) is 29.5 Å². The molecule has 4 rings (SSSR count). The zero-order valence-corrected chi connectivity index (χ0v) is 20.0. The van der Waals surface area contributed by atoms with Crippen LogP contribution in [0.3, 0.4) is 0 Å². The minimum absolute atomic E-state index is 0.105. The summed E-state index contributed by atoms with van der Waals surface area (Å²) in [4.78, 5) is 42.7. The second-order valence-electron chi connectivity index (χ2n) is 8.98. The molecule has 7 nitrogen and oxygen atoms in total. The molecule has 1 aliphatic rings. The van der Waals surface area contributed by atoms with E-state index in [9.17, 15) is 14.4 Å². The van der Waals surface area contributed by atoms with Crippen LogP contribution in [0.2, 0.25) is 0 Å². The summed E-state index contributed by atoms with van der Waals surface area (Å²) in [6.07, 6.45) is 4.55. The number of esters is 1. The Hall–Kier alpha value is -3.00. The monoisotopic (exact) mass is 467 g/mol. The van der Waals surface area contributed by atoms with Gasteiger partial charge in [-0.1, -0.05) is 56.5 Å². The Labute approximate surface area is 196 Å². The Morgan fingerprint density at radius 2 is 1.97 bits per heavy atom. The Morgan fingerprint density at radius 1 is 1.21 bits per heavy atom. The molecule has 0 bridgehead atoms. The summed E-state index contributed by atoms with van der Waals surface area (Å²) in [5, 5.41) is 5.37. The van der Waals surface area contributed by atoms with Crippen molar-refractivity contribution in [3.8, 4) is 11.1 Å². The van der Waals surface area contributed by atoms with Crippen LogP contribution in [-0.4, -0.2) is 34.1 Å². The quantitative estimate of drug-likeness (QED) is 0.555. The molecule has 8 heteroatoms. The Morgan fingerprint density at radius 3 is 2.73 bits per heavy atom. The van der Waals surface area contributed by atoms with Crippen molar-refractivity contribution < 1.29 is 14.3 Å². The van der Waals surface area contributed by atoms with E-state index in [0.29, 0.717) is 22.1 Å². The fourth-order valence-electron chi connectivity index (χ4n) is 4.39. The van der Waals surface area contributed by atoms with Crippen LogP contribution >= 0.6 is 11.3 Å². The van der Waals surface area contributed by atoms with Crippen molar-refractivity contribution in [3.63, 3.8) is 0 Å². The molecule has 1 fully saturated rings. The molecule has 2 aromatic heterocycles. The van der Waals surface area contributed by atoms with E-state index >= 15 is 0 Å². The van der Waals surface area contributed by atoms with E-state index in [2.05, 4.69) is 24.1 Å². The summed E-state index contributed by atoms with van der Waals surface area (Å²) < 4.78 is 6.39. The summed E-state index contributed by atoms with van der Waals surface area (Å²) >= 11 is 1.39. The highest BCUT2D eigenvalue weighted by Gasteiger charge is 2.28. The van der Waals surface area contributed by atoms with E-state index in [4.69, 9.17) is 4.74 Å². The second-order valence-corrected chi connectivity index (χ2v) is 9.83. The first kappa shape index (κ1) is 23.2. The molecule has 1 amide bonds. The average molecular weight is 468 g/mol. The van der Waals surface area contributed by atoms with Gasteiger partial charge in [-0.15, -0.1) is 11.3 Å². The number of aromatic nitrogens is 2. The zero-order valence-electron chi connectivity index (χ0n) is 19.2. The summed E-state index contributed by atoms with van der Waals surface area (Å²) in [6.45, 7) is 5.70. The van der Waals surface area contributed by atoms with Gasteiger partial charge in [0.25, 0.3) is 11.5 Å². The van der Waals surface area contributed by atoms with Crippen molar-refractivity contribution in [2.75, 3.05) is 6.61 Å². The molecule has 1 aliphatic carbocycles. The molecule has 0 spiro atoms. The molecule has 2 heterocycles. The maximum absolute atomic E-state index is 13.1. The van der Waals surface area contributed by atoms with Crippen LogP contribution < -0.4 is 10.9 Å². The SMILES string of the molecule is Cc1ccc(-c2csc3ncn(CC(=O)OCC(=O)NC4CCCC(C)C4C)c(=O)c23)cc1. The summed E-state index contributed by atoms with van der Waals surface area (Å²) in [7, 11) is 0. The molecule has 0 radical (unpaired) electrons. The van der Waals surface area contributed by atoms with Crippen LogP contribution in [0.1, 0.15) is 38.7 Å². The molecule has 1 aromatic carbocycles. The van der Waals surface area contributed by atoms with Crippen LogP contribution in [0.25, 0.3) is 21.3 Å². The third-order valence-electron chi connectivity index (χ3n) is 6.64. The number of hydrogen-bond acceptors (Lipinski definition) is 6. The minimum atomic E-state index is -0.648. The third kappa shape index (κ3) is 5.16.